The number of esters is 2. The van der Waals surface area contributed by atoms with E-state index in [1.165, 1.54) is 29.4 Å². The van der Waals surface area contributed by atoms with Gasteiger partial charge in [-0.2, -0.15) is 0 Å². The molecule has 0 aliphatic heterocycles. The first-order valence-corrected chi connectivity index (χ1v) is 10.4. The van der Waals surface area contributed by atoms with E-state index in [0.29, 0.717) is 12.2 Å². The lowest BCUT2D eigenvalue weighted by atomic mass is 9.98. The minimum atomic E-state index is -0.860. The minimum absolute atomic E-state index is 0.0367. The number of alkyl halides is 1. The van der Waals surface area contributed by atoms with E-state index >= 15 is 0 Å². The van der Waals surface area contributed by atoms with Crippen molar-refractivity contribution in [3.8, 4) is 11.1 Å². The lowest BCUT2D eigenvalue weighted by molar-refractivity contribution is -0.142. The molecule has 4 rings (SSSR count). The van der Waals surface area contributed by atoms with Crippen molar-refractivity contribution >= 4 is 29.2 Å². The predicted molar refractivity (Wildman–Crippen MR) is 120 cm³/mol. The summed E-state index contributed by atoms with van der Waals surface area (Å²) in [6.45, 7) is 0.331. The predicted octanol–water partition coefficient (Wildman–Crippen LogP) is 4.91. The van der Waals surface area contributed by atoms with Crippen LogP contribution in [0.2, 0.25) is 0 Å². The second-order valence-electron chi connectivity index (χ2n) is 7.27. The van der Waals surface area contributed by atoms with Gasteiger partial charge in [0.1, 0.15) is 13.2 Å². The van der Waals surface area contributed by atoms with Crippen molar-refractivity contribution in [3.63, 3.8) is 0 Å². The fraction of sp³-hybridized carbons (Fsp3) is 0.200. The molecule has 1 unspecified atom stereocenters. The molecule has 0 aromatic heterocycles. The second kappa shape index (κ2) is 9.23. The first-order chi connectivity index (χ1) is 15.1. The fourth-order valence-electron chi connectivity index (χ4n) is 3.85. The summed E-state index contributed by atoms with van der Waals surface area (Å²) in [4.78, 5) is 23.8. The van der Waals surface area contributed by atoms with Crippen molar-refractivity contribution in [2.45, 2.75) is 11.3 Å². The average Bonchev–Trinajstić information content (AvgIpc) is 3.14. The van der Waals surface area contributed by atoms with Gasteiger partial charge in [0.05, 0.1) is 7.11 Å². The van der Waals surface area contributed by atoms with E-state index in [9.17, 15) is 9.59 Å². The maximum absolute atomic E-state index is 12.3. The lowest BCUT2D eigenvalue weighted by Crippen LogP contribution is -2.20. The largest absolute Gasteiger partial charge is 0.468 e. The molecule has 5 nitrogen and oxygen atoms in total. The van der Waals surface area contributed by atoms with E-state index in [2.05, 4.69) is 34.3 Å². The monoisotopic (exact) mass is 435 g/mol. The number of halogens is 1. The quantitative estimate of drug-likeness (QED) is 0.422. The molecule has 0 bridgehead atoms. The molecule has 31 heavy (non-hydrogen) atoms. The van der Waals surface area contributed by atoms with Gasteiger partial charge in [0.2, 0.25) is 0 Å². The van der Waals surface area contributed by atoms with Gasteiger partial charge in [-0.3, -0.25) is 9.59 Å². The zero-order valence-electron chi connectivity index (χ0n) is 17.0. The molecule has 1 aliphatic rings. The molecule has 6 heteroatoms. The first kappa shape index (κ1) is 20.9. The highest BCUT2D eigenvalue weighted by Gasteiger charge is 2.28. The Morgan fingerprint density at radius 2 is 1.52 bits per heavy atom. The zero-order valence-corrected chi connectivity index (χ0v) is 17.8. The number of rotatable bonds is 7. The van der Waals surface area contributed by atoms with E-state index < -0.39 is 11.3 Å². The first-order valence-electron chi connectivity index (χ1n) is 9.98. The van der Waals surface area contributed by atoms with Crippen LogP contribution in [0, 0.1) is 0 Å². The standard InChI is InChI=1S/C25H22ClNO4/c1-30-25(29)24(26)16-10-12-17(13-11-16)27-14-23(28)31-15-22-20-8-4-2-6-18(20)19-7-3-5-9-21(19)22/h2-13,22,24,27H,14-15H2,1H3. The van der Waals surface area contributed by atoms with Crippen LogP contribution in [-0.2, 0) is 19.1 Å². The summed E-state index contributed by atoms with van der Waals surface area (Å²) in [5.41, 5.74) is 6.11. The minimum Gasteiger partial charge on any atom is -0.468 e. The maximum atomic E-state index is 12.3. The Balaban J connectivity index is 1.34. The van der Waals surface area contributed by atoms with Crippen molar-refractivity contribution in [1.29, 1.82) is 0 Å². The molecule has 3 aromatic rings. The van der Waals surface area contributed by atoms with E-state index in [1.54, 1.807) is 24.3 Å². The summed E-state index contributed by atoms with van der Waals surface area (Å²) in [5, 5.41) is 2.17. The van der Waals surface area contributed by atoms with Crippen molar-refractivity contribution in [2.24, 2.45) is 0 Å². The van der Waals surface area contributed by atoms with Crippen LogP contribution in [0.3, 0.4) is 0 Å². The van der Waals surface area contributed by atoms with Gasteiger partial charge in [0.15, 0.2) is 5.38 Å². The van der Waals surface area contributed by atoms with Crippen LogP contribution < -0.4 is 5.32 Å². The molecule has 1 aliphatic carbocycles. The van der Waals surface area contributed by atoms with Crippen LogP contribution in [0.1, 0.15) is 28.0 Å². The summed E-state index contributed by atoms with van der Waals surface area (Å²) < 4.78 is 10.2. The second-order valence-corrected chi connectivity index (χ2v) is 7.71. The molecule has 158 valence electrons. The third-order valence-electron chi connectivity index (χ3n) is 5.42. The third kappa shape index (κ3) is 4.42. The molecular formula is C25H22ClNO4. The van der Waals surface area contributed by atoms with Gasteiger partial charge in [0, 0.05) is 11.6 Å². The molecule has 0 amide bonds. The number of hydrogen-bond donors (Lipinski definition) is 1. The van der Waals surface area contributed by atoms with Crippen molar-refractivity contribution in [1.82, 2.24) is 0 Å². The summed E-state index contributed by atoms with van der Waals surface area (Å²) in [6, 6.07) is 23.4. The molecule has 3 aromatic carbocycles. The highest BCUT2D eigenvalue weighted by Crippen LogP contribution is 2.44. The van der Waals surface area contributed by atoms with Gasteiger partial charge in [-0.15, -0.1) is 11.6 Å². The Hall–Kier alpha value is -3.31. The van der Waals surface area contributed by atoms with Crippen molar-refractivity contribution in [3.05, 3.63) is 89.5 Å². The highest BCUT2D eigenvalue weighted by molar-refractivity contribution is 6.29. The van der Waals surface area contributed by atoms with Crippen LogP contribution in [0.4, 0.5) is 5.69 Å². The summed E-state index contributed by atoms with van der Waals surface area (Å²) in [5.74, 6) is -0.814. The van der Waals surface area contributed by atoms with Crippen LogP contribution in [0.15, 0.2) is 72.8 Å². The number of methoxy groups -OCH3 is 1. The summed E-state index contributed by atoms with van der Waals surface area (Å²) >= 11 is 6.04. The van der Waals surface area contributed by atoms with E-state index in [1.807, 2.05) is 24.3 Å². The average molecular weight is 436 g/mol. The third-order valence-corrected chi connectivity index (χ3v) is 5.85. The Kier molecular flexibility index (Phi) is 6.23. The topological polar surface area (TPSA) is 64.6 Å². The fourth-order valence-corrected chi connectivity index (χ4v) is 4.08. The highest BCUT2D eigenvalue weighted by atomic mass is 35.5. The van der Waals surface area contributed by atoms with E-state index in [-0.39, 0.29) is 18.4 Å². The molecular weight excluding hydrogens is 414 g/mol. The van der Waals surface area contributed by atoms with Gasteiger partial charge in [-0.25, -0.2) is 0 Å². The van der Waals surface area contributed by atoms with Gasteiger partial charge in [-0.1, -0.05) is 60.7 Å². The number of carbonyl (C=O) groups is 2. The van der Waals surface area contributed by atoms with Crippen LogP contribution >= 0.6 is 11.6 Å². The van der Waals surface area contributed by atoms with Gasteiger partial charge >= 0.3 is 11.9 Å². The van der Waals surface area contributed by atoms with Gasteiger partial charge in [-0.05, 0) is 39.9 Å². The molecule has 0 saturated carbocycles. The smallest absolute Gasteiger partial charge is 0.328 e. The van der Waals surface area contributed by atoms with Crippen LogP contribution in [-0.4, -0.2) is 32.2 Å². The molecule has 0 fully saturated rings. The number of nitrogens with one attached hydrogen (secondary N) is 1. The number of anilines is 1. The Morgan fingerprint density at radius 1 is 0.935 bits per heavy atom. The Labute approximate surface area is 185 Å². The number of carbonyl (C=O) groups excluding carboxylic acids is 2. The maximum Gasteiger partial charge on any atom is 0.328 e. The van der Waals surface area contributed by atoms with Crippen molar-refractivity contribution < 1.29 is 19.1 Å². The Bertz CT molecular complexity index is 1050. The van der Waals surface area contributed by atoms with Crippen LogP contribution in [0.5, 0.6) is 0 Å². The molecule has 0 spiro atoms. The normalized spacial score (nSPS) is 13.1. The molecule has 0 radical (unpaired) electrons. The van der Waals surface area contributed by atoms with Gasteiger partial charge < -0.3 is 14.8 Å². The number of ether oxygens (including phenoxy) is 2. The SMILES string of the molecule is COC(=O)C(Cl)c1ccc(NCC(=O)OCC2c3ccccc3-c3ccccc32)cc1. The van der Waals surface area contributed by atoms with Gasteiger partial charge in [0.25, 0.3) is 0 Å². The zero-order chi connectivity index (χ0) is 21.8. The summed E-state index contributed by atoms with van der Waals surface area (Å²) in [7, 11) is 1.29. The molecule has 1 atom stereocenters. The van der Waals surface area contributed by atoms with E-state index in [0.717, 1.165) is 5.69 Å². The number of hydrogen-bond acceptors (Lipinski definition) is 5. The molecule has 0 heterocycles. The van der Waals surface area contributed by atoms with Crippen LogP contribution in [0.25, 0.3) is 11.1 Å². The summed E-state index contributed by atoms with van der Waals surface area (Å²) in [6.07, 6.45) is 0. The van der Waals surface area contributed by atoms with E-state index in [4.69, 9.17) is 16.3 Å². The molecule has 1 N–H and O–H groups in total. The number of benzene rings is 3. The number of fused-ring (bicyclic) bond motifs is 3. The Morgan fingerprint density at radius 3 is 2.10 bits per heavy atom. The van der Waals surface area contributed by atoms with Crippen molar-refractivity contribution in [2.75, 3.05) is 25.6 Å². The lowest BCUT2D eigenvalue weighted by Gasteiger charge is -2.15. The molecule has 0 saturated heterocycles.